The van der Waals surface area contributed by atoms with Crippen molar-refractivity contribution in [3.8, 4) is 0 Å². The van der Waals surface area contributed by atoms with Crippen LogP contribution in [0.25, 0.3) is 0 Å². The third-order valence-corrected chi connectivity index (χ3v) is 4.13. The van der Waals surface area contributed by atoms with Gasteiger partial charge in [-0.2, -0.15) is 5.10 Å². The first-order valence-electron chi connectivity index (χ1n) is 7.79. The molecule has 0 bridgehead atoms. The summed E-state index contributed by atoms with van der Waals surface area (Å²) >= 11 is 0. The third-order valence-electron chi connectivity index (χ3n) is 4.13. The van der Waals surface area contributed by atoms with E-state index in [1.54, 1.807) is 6.20 Å². The van der Waals surface area contributed by atoms with Crippen LogP contribution >= 0.6 is 0 Å². The number of hydrogen-bond acceptors (Lipinski definition) is 4. The zero-order chi connectivity index (χ0) is 16.2. The number of aromatic amines is 1. The van der Waals surface area contributed by atoms with Crippen LogP contribution in [0.3, 0.4) is 0 Å². The van der Waals surface area contributed by atoms with Crippen molar-refractivity contribution in [2.75, 3.05) is 23.3 Å². The fraction of sp³-hybridized carbons (Fsp3) is 0.353. The second kappa shape index (κ2) is 6.64. The van der Waals surface area contributed by atoms with Gasteiger partial charge < -0.3 is 10.2 Å². The number of carbonyl (C=O) groups is 1. The van der Waals surface area contributed by atoms with Gasteiger partial charge in [-0.3, -0.25) is 9.59 Å². The van der Waals surface area contributed by atoms with Crippen molar-refractivity contribution in [3.63, 3.8) is 0 Å². The lowest BCUT2D eigenvalue weighted by atomic mass is 9.96. The number of benzene rings is 1. The Balaban J connectivity index is 1.67. The minimum Gasteiger partial charge on any atom is -0.369 e. The quantitative estimate of drug-likeness (QED) is 0.908. The molecule has 120 valence electrons. The highest BCUT2D eigenvalue weighted by molar-refractivity contribution is 5.93. The molecule has 1 fully saturated rings. The van der Waals surface area contributed by atoms with Crippen LogP contribution in [0.5, 0.6) is 0 Å². The summed E-state index contributed by atoms with van der Waals surface area (Å²) < 4.78 is 0. The number of amides is 1. The second-order valence-electron chi connectivity index (χ2n) is 5.94. The molecule has 2 N–H and O–H groups in total. The largest absolute Gasteiger partial charge is 0.369 e. The molecule has 1 aromatic heterocycles. The molecule has 6 heteroatoms. The molecule has 1 aliphatic heterocycles. The van der Waals surface area contributed by atoms with Crippen LogP contribution in [0.1, 0.15) is 18.4 Å². The van der Waals surface area contributed by atoms with Crippen molar-refractivity contribution in [1.29, 1.82) is 0 Å². The minimum atomic E-state index is -0.228. The summed E-state index contributed by atoms with van der Waals surface area (Å²) in [6.45, 7) is 3.45. The van der Waals surface area contributed by atoms with Crippen LogP contribution in [0.2, 0.25) is 0 Å². The molecule has 1 aliphatic rings. The summed E-state index contributed by atoms with van der Waals surface area (Å²) in [5.74, 6) is -0.0688. The topological polar surface area (TPSA) is 78.1 Å². The maximum absolute atomic E-state index is 12.5. The van der Waals surface area contributed by atoms with Crippen molar-refractivity contribution >= 4 is 17.3 Å². The Labute approximate surface area is 134 Å². The van der Waals surface area contributed by atoms with E-state index in [4.69, 9.17) is 0 Å². The summed E-state index contributed by atoms with van der Waals surface area (Å²) in [7, 11) is 0. The molecule has 23 heavy (non-hydrogen) atoms. The molecule has 3 rings (SSSR count). The number of anilines is 2. The van der Waals surface area contributed by atoms with Gasteiger partial charge in [-0.1, -0.05) is 17.7 Å². The molecule has 1 amide bonds. The summed E-state index contributed by atoms with van der Waals surface area (Å²) in [6, 6.07) is 9.30. The van der Waals surface area contributed by atoms with Crippen LogP contribution in [0.4, 0.5) is 11.4 Å². The number of hydrogen-bond donors (Lipinski definition) is 2. The maximum atomic E-state index is 12.5. The monoisotopic (exact) mass is 312 g/mol. The van der Waals surface area contributed by atoms with E-state index >= 15 is 0 Å². The SMILES string of the molecule is Cc1ccc(NC(=O)[C@H]2CCCN(c3cn[nH]c(=O)c3)C2)cc1. The molecule has 0 radical (unpaired) electrons. The normalized spacial score (nSPS) is 17.8. The van der Waals surface area contributed by atoms with Gasteiger partial charge in [0, 0.05) is 24.8 Å². The molecule has 2 aromatic rings. The first-order chi connectivity index (χ1) is 11.1. The Hall–Kier alpha value is -2.63. The van der Waals surface area contributed by atoms with Crippen molar-refractivity contribution < 1.29 is 4.79 Å². The van der Waals surface area contributed by atoms with Crippen LogP contribution in [-0.4, -0.2) is 29.2 Å². The summed E-state index contributed by atoms with van der Waals surface area (Å²) in [6.07, 6.45) is 3.39. The van der Waals surface area contributed by atoms with Crippen LogP contribution < -0.4 is 15.8 Å². The summed E-state index contributed by atoms with van der Waals surface area (Å²) in [5.41, 5.74) is 2.51. The van der Waals surface area contributed by atoms with E-state index in [9.17, 15) is 9.59 Å². The lowest BCUT2D eigenvalue weighted by Crippen LogP contribution is -2.41. The predicted molar refractivity (Wildman–Crippen MR) is 89.6 cm³/mol. The lowest BCUT2D eigenvalue weighted by molar-refractivity contribution is -0.120. The molecule has 0 unspecified atom stereocenters. The van der Waals surface area contributed by atoms with Gasteiger partial charge in [-0.15, -0.1) is 0 Å². The minimum absolute atomic E-state index is 0.0244. The first kappa shape index (κ1) is 15.3. The molecule has 1 aromatic carbocycles. The van der Waals surface area contributed by atoms with E-state index in [1.807, 2.05) is 36.1 Å². The average molecular weight is 312 g/mol. The number of aryl methyl sites for hydroxylation is 1. The molecule has 6 nitrogen and oxygen atoms in total. The lowest BCUT2D eigenvalue weighted by Gasteiger charge is -2.33. The zero-order valence-electron chi connectivity index (χ0n) is 13.1. The first-order valence-corrected chi connectivity index (χ1v) is 7.79. The molecular formula is C17H20N4O2. The Morgan fingerprint density at radius 1 is 1.35 bits per heavy atom. The average Bonchev–Trinajstić information content (AvgIpc) is 2.57. The maximum Gasteiger partial charge on any atom is 0.266 e. The van der Waals surface area contributed by atoms with E-state index in [-0.39, 0.29) is 17.4 Å². The molecule has 2 heterocycles. The molecule has 1 atom stereocenters. The Morgan fingerprint density at radius 3 is 2.87 bits per heavy atom. The van der Waals surface area contributed by atoms with Crippen LogP contribution in [0.15, 0.2) is 41.3 Å². The number of aromatic nitrogens is 2. The fourth-order valence-electron chi connectivity index (χ4n) is 2.85. The number of nitrogens with one attached hydrogen (secondary N) is 2. The van der Waals surface area contributed by atoms with Gasteiger partial charge in [0.25, 0.3) is 5.56 Å². The Morgan fingerprint density at radius 2 is 2.13 bits per heavy atom. The second-order valence-corrected chi connectivity index (χ2v) is 5.94. The van der Waals surface area contributed by atoms with E-state index in [1.165, 1.54) is 6.07 Å². The smallest absolute Gasteiger partial charge is 0.266 e. The van der Waals surface area contributed by atoms with Gasteiger partial charge in [0.15, 0.2) is 0 Å². The standard InChI is InChI=1S/C17H20N4O2/c1-12-4-6-14(7-5-12)19-17(23)13-3-2-8-21(11-13)15-9-16(22)20-18-10-15/h4-7,9-10,13H,2-3,8,11H2,1H3,(H,19,23)(H,20,22)/t13-/m0/s1. The van der Waals surface area contributed by atoms with Crippen molar-refractivity contribution in [2.24, 2.45) is 5.92 Å². The van der Waals surface area contributed by atoms with Gasteiger partial charge in [0.1, 0.15) is 0 Å². The van der Waals surface area contributed by atoms with Crippen molar-refractivity contribution in [1.82, 2.24) is 10.2 Å². The van der Waals surface area contributed by atoms with Crippen LogP contribution in [0, 0.1) is 12.8 Å². The highest BCUT2D eigenvalue weighted by Gasteiger charge is 2.26. The van der Waals surface area contributed by atoms with Crippen LogP contribution in [-0.2, 0) is 4.79 Å². The molecular weight excluding hydrogens is 292 g/mol. The van der Waals surface area contributed by atoms with Gasteiger partial charge in [-0.05, 0) is 31.9 Å². The molecule has 1 saturated heterocycles. The zero-order valence-corrected chi connectivity index (χ0v) is 13.1. The van der Waals surface area contributed by atoms with Gasteiger partial charge in [0.05, 0.1) is 17.8 Å². The number of nitrogens with zero attached hydrogens (tertiary/aromatic N) is 2. The number of rotatable bonds is 3. The van der Waals surface area contributed by atoms with Crippen molar-refractivity contribution in [3.05, 3.63) is 52.4 Å². The summed E-state index contributed by atoms with van der Waals surface area (Å²) in [5, 5.41) is 9.17. The number of H-pyrrole nitrogens is 1. The van der Waals surface area contributed by atoms with E-state index in [0.29, 0.717) is 6.54 Å². The Kier molecular flexibility index (Phi) is 4.41. The number of piperidine rings is 1. The van der Waals surface area contributed by atoms with Gasteiger partial charge >= 0.3 is 0 Å². The van der Waals surface area contributed by atoms with E-state index in [2.05, 4.69) is 15.5 Å². The van der Waals surface area contributed by atoms with Gasteiger partial charge in [-0.25, -0.2) is 5.10 Å². The van der Waals surface area contributed by atoms with E-state index in [0.717, 1.165) is 36.3 Å². The van der Waals surface area contributed by atoms with Crippen molar-refractivity contribution in [2.45, 2.75) is 19.8 Å². The molecule has 0 spiro atoms. The highest BCUT2D eigenvalue weighted by Crippen LogP contribution is 2.23. The predicted octanol–water partition coefficient (Wildman–Crippen LogP) is 1.93. The summed E-state index contributed by atoms with van der Waals surface area (Å²) in [4.78, 5) is 25.9. The Bertz CT molecular complexity index is 739. The number of carbonyl (C=O) groups excluding carboxylic acids is 1. The van der Waals surface area contributed by atoms with E-state index < -0.39 is 0 Å². The fourth-order valence-corrected chi connectivity index (χ4v) is 2.85. The third kappa shape index (κ3) is 3.77. The highest BCUT2D eigenvalue weighted by atomic mass is 16.2. The van der Waals surface area contributed by atoms with Gasteiger partial charge in [0.2, 0.25) is 5.91 Å². The molecule has 0 aliphatic carbocycles. The molecule has 0 saturated carbocycles.